The van der Waals surface area contributed by atoms with Gasteiger partial charge in [-0.25, -0.2) is 9.07 Å². The number of para-hydroxylation sites is 1. The molecule has 0 atom stereocenters. The number of rotatable bonds is 6. The van der Waals surface area contributed by atoms with E-state index >= 15 is 0 Å². The highest BCUT2D eigenvalue weighted by molar-refractivity contribution is 5.80. The van der Waals surface area contributed by atoms with Crippen molar-refractivity contribution in [2.45, 2.75) is 26.8 Å². The zero-order chi connectivity index (χ0) is 18.0. The van der Waals surface area contributed by atoms with Crippen LogP contribution in [0.3, 0.4) is 0 Å². The maximum atomic E-state index is 14.0. The minimum absolute atomic E-state index is 0.124. The zero-order valence-corrected chi connectivity index (χ0v) is 14.2. The van der Waals surface area contributed by atoms with Gasteiger partial charge in [0.15, 0.2) is 0 Å². The van der Waals surface area contributed by atoms with E-state index in [2.05, 4.69) is 5.10 Å². The van der Waals surface area contributed by atoms with Crippen LogP contribution in [0.4, 0.5) is 4.39 Å². The van der Waals surface area contributed by atoms with Crippen LogP contribution in [-0.2, 0) is 11.3 Å². The van der Waals surface area contributed by atoms with E-state index in [4.69, 9.17) is 4.74 Å². The molecule has 0 amide bonds. The van der Waals surface area contributed by atoms with Crippen LogP contribution in [0.5, 0.6) is 0 Å². The molecule has 0 fully saturated rings. The van der Waals surface area contributed by atoms with Crippen molar-refractivity contribution in [1.82, 2.24) is 14.3 Å². The van der Waals surface area contributed by atoms with E-state index in [-0.39, 0.29) is 16.8 Å². The summed E-state index contributed by atoms with van der Waals surface area (Å²) in [5.41, 5.74) is 0.505. The fourth-order valence-corrected chi connectivity index (χ4v) is 2.96. The largest absolute Gasteiger partial charge is 0.382 e. The SMILES string of the molecule is CCOCCCn1c(C)c2c(=O)n(-c3ccccc3F)[nH]c2cc1=O. The maximum Gasteiger partial charge on any atom is 0.280 e. The second kappa shape index (κ2) is 7.06. The van der Waals surface area contributed by atoms with Gasteiger partial charge in [-0.3, -0.25) is 14.7 Å². The number of pyridine rings is 1. The first-order valence-corrected chi connectivity index (χ1v) is 8.22. The number of benzene rings is 1. The molecule has 0 saturated heterocycles. The smallest absolute Gasteiger partial charge is 0.280 e. The van der Waals surface area contributed by atoms with Crippen LogP contribution in [-0.4, -0.2) is 27.6 Å². The number of ether oxygens (including phenoxy) is 1. The Hall–Kier alpha value is -2.67. The number of nitrogens with one attached hydrogen (secondary N) is 1. The summed E-state index contributed by atoms with van der Waals surface area (Å²) in [6.45, 7) is 5.27. The van der Waals surface area contributed by atoms with Gasteiger partial charge in [-0.1, -0.05) is 12.1 Å². The van der Waals surface area contributed by atoms with Crippen LogP contribution in [0, 0.1) is 12.7 Å². The van der Waals surface area contributed by atoms with Crippen molar-refractivity contribution in [2.75, 3.05) is 13.2 Å². The summed E-state index contributed by atoms with van der Waals surface area (Å²) < 4.78 is 22.0. The normalized spacial score (nSPS) is 11.3. The Morgan fingerprint density at radius 1 is 1.24 bits per heavy atom. The molecule has 132 valence electrons. The molecule has 0 aliphatic carbocycles. The van der Waals surface area contributed by atoms with Crippen molar-refractivity contribution >= 4 is 10.9 Å². The number of aromatic nitrogens is 3. The molecule has 0 saturated carbocycles. The number of aromatic amines is 1. The number of aryl methyl sites for hydroxylation is 1. The molecule has 0 aliphatic rings. The third-order valence-electron chi connectivity index (χ3n) is 4.19. The van der Waals surface area contributed by atoms with Crippen LogP contribution < -0.4 is 11.1 Å². The topological polar surface area (TPSA) is 69.0 Å². The summed E-state index contributed by atoms with van der Waals surface area (Å²) in [5.74, 6) is -0.513. The Morgan fingerprint density at radius 2 is 2.00 bits per heavy atom. The number of fused-ring (bicyclic) bond motifs is 1. The second-order valence-corrected chi connectivity index (χ2v) is 5.76. The fraction of sp³-hybridized carbons (Fsp3) is 0.333. The van der Waals surface area contributed by atoms with Crippen LogP contribution in [0.15, 0.2) is 39.9 Å². The van der Waals surface area contributed by atoms with Crippen LogP contribution in [0.2, 0.25) is 0 Å². The van der Waals surface area contributed by atoms with E-state index in [9.17, 15) is 14.0 Å². The number of H-pyrrole nitrogens is 1. The van der Waals surface area contributed by atoms with Gasteiger partial charge in [0.25, 0.3) is 11.1 Å². The lowest BCUT2D eigenvalue weighted by Gasteiger charge is -2.09. The first-order chi connectivity index (χ1) is 12.0. The summed E-state index contributed by atoms with van der Waals surface area (Å²) in [5, 5.41) is 3.22. The summed E-state index contributed by atoms with van der Waals surface area (Å²) >= 11 is 0. The van der Waals surface area contributed by atoms with Crippen LogP contribution in [0.1, 0.15) is 19.0 Å². The van der Waals surface area contributed by atoms with Gasteiger partial charge in [0.05, 0.1) is 10.9 Å². The molecule has 2 aromatic heterocycles. The predicted octanol–water partition coefficient (Wildman–Crippen LogP) is 2.35. The number of hydrogen-bond donors (Lipinski definition) is 1. The van der Waals surface area contributed by atoms with Gasteiger partial charge < -0.3 is 9.30 Å². The van der Waals surface area contributed by atoms with Crippen LogP contribution >= 0.6 is 0 Å². The minimum atomic E-state index is -0.513. The number of hydrogen-bond acceptors (Lipinski definition) is 3. The van der Waals surface area contributed by atoms with Gasteiger partial charge in [-0.05, 0) is 32.4 Å². The van der Waals surface area contributed by atoms with Crippen LogP contribution in [0.25, 0.3) is 16.6 Å². The Bertz CT molecular complexity index is 1020. The van der Waals surface area contributed by atoms with E-state index in [1.807, 2.05) is 6.92 Å². The van der Waals surface area contributed by atoms with Crippen molar-refractivity contribution < 1.29 is 9.13 Å². The molecule has 25 heavy (non-hydrogen) atoms. The molecule has 0 unspecified atom stereocenters. The lowest BCUT2D eigenvalue weighted by Crippen LogP contribution is -2.24. The zero-order valence-electron chi connectivity index (χ0n) is 14.2. The standard InChI is InChI=1S/C18H20FN3O3/c1-3-25-10-6-9-21-12(2)17-14(11-16(21)23)20-22(18(17)24)15-8-5-4-7-13(15)19/h4-5,7-8,11,20H,3,6,9-10H2,1-2H3. The number of halogens is 1. The third kappa shape index (κ3) is 3.15. The highest BCUT2D eigenvalue weighted by Crippen LogP contribution is 2.15. The van der Waals surface area contributed by atoms with Gasteiger partial charge >= 0.3 is 0 Å². The van der Waals surface area contributed by atoms with Crippen molar-refractivity contribution in [1.29, 1.82) is 0 Å². The summed E-state index contributed by atoms with van der Waals surface area (Å²) in [4.78, 5) is 25.1. The summed E-state index contributed by atoms with van der Waals surface area (Å²) in [7, 11) is 0. The van der Waals surface area contributed by atoms with E-state index in [0.29, 0.717) is 42.8 Å². The fourth-order valence-electron chi connectivity index (χ4n) is 2.96. The highest BCUT2D eigenvalue weighted by Gasteiger charge is 2.16. The summed E-state index contributed by atoms with van der Waals surface area (Å²) in [6.07, 6.45) is 0.673. The molecule has 6 nitrogen and oxygen atoms in total. The summed E-state index contributed by atoms with van der Waals surface area (Å²) in [6, 6.07) is 7.38. The Kier molecular flexibility index (Phi) is 4.85. The molecule has 2 heterocycles. The quantitative estimate of drug-likeness (QED) is 0.697. The van der Waals surface area contributed by atoms with Gasteiger partial charge in [0.1, 0.15) is 11.5 Å². The molecule has 3 aromatic rings. The predicted molar refractivity (Wildman–Crippen MR) is 94.0 cm³/mol. The molecule has 7 heteroatoms. The van der Waals surface area contributed by atoms with Gasteiger partial charge in [-0.2, -0.15) is 0 Å². The van der Waals surface area contributed by atoms with E-state index in [0.717, 1.165) is 4.68 Å². The van der Waals surface area contributed by atoms with Crippen molar-refractivity contribution in [3.63, 3.8) is 0 Å². The van der Waals surface area contributed by atoms with Gasteiger partial charge in [0, 0.05) is 31.5 Å². The minimum Gasteiger partial charge on any atom is -0.382 e. The molecule has 1 aromatic carbocycles. The van der Waals surface area contributed by atoms with Crippen molar-refractivity contribution in [2.24, 2.45) is 0 Å². The lowest BCUT2D eigenvalue weighted by molar-refractivity contribution is 0.141. The van der Waals surface area contributed by atoms with Crippen molar-refractivity contribution in [3.8, 4) is 5.69 Å². The Balaban J connectivity index is 2.10. The molecule has 3 rings (SSSR count). The van der Waals surface area contributed by atoms with Gasteiger partial charge in [0.2, 0.25) is 0 Å². The lowest BCUT2D eigenvalue weighted by atomic mass is 10.2. The second-order valence-electron chi connectivity index (χ2n) is 5.76. The highest BCUT2D eigenvalue weighted by atomic mass is 19.1. The molecule has 0 radical (unpaired) electrons. The third-order valence-corrected chi connectivity index (χ3v) is 4.19. The molecule has 0 spiro atoms. The van der Waals surface area contributed by atoms with E-state index in [1.165, 1.54) is 18.2 Å². The molecular weight excluding hydrogens is 325 g/mol. The van der Waals surface area contributed by atoms with Gasteiger partial charge in [-0.15, -0.1) is 0 Å². The maximum absolute atomic E-state index is 14.0. The Labute approximate surface area is 143 Å². The molecule has 0 bridgehead atoms. The number of nitrogens with zero attached hydrogens (tertiary/aromatic N) is 2. The average Bonchev–Trinajstić information content (AvgIpc) is 2.91. The van der Waals surface area contributed by atoms with E-state index < -0.39 is 5.82 Å². The average molecular weight is 345 g/mol. The van der Waals surface area contributed by atoms with E-state index in [1.54, 1.807) is 23.6 Å². The molecular formula is C18H20FN3O3. The Morgan fingerprint density at radius 3 is 2.72 bits per heavy atom. The van der Waals surface area contributed by atoms with Crippen molar-refractivity contribution in [3.05, 3.63) is 62.6 Å². The first-order valence-electron chi connectivity index (χ1n) is 8.22. The monoisotopic (exact) mass is 345 g/mol. The first kappa shape index (κ1) is 17.2. The molecule has 0 aliphatic heterocycles. The molecule has 1 N–H and O–H groups in total.